The summed E-state index contributed by atoms with van der Waals surface area (Å²) < 4.78 is 6.94. The van der Waals surface area contributed by atoms with E-state index in [1.807, 2.05) is 56.3 Å². The summed E-state index contributed by atoms with van der Waals surface area (Å²) >= 11 is 16.2. The molecule has 1 N–H and O–H groups in total. The van der Waals surface area contributed by atoms with Crippen molar-refractivity contribution < 1.29 is 14.3 Å². The molecule has 1 atom stereocenters. The van der Waals surface area contributed by atoms with Crippen LogP contribution in [0, 0.1) is 13.8 Å². The quantitative estimate of drug-likeness (QED) is 0.216. The molecule has 0 fully saturated rings. The second-order valence-electron chi connectivity index (χ2n) is 9.27. The highest BCUT2D eigenvalue weighted by Crippen LogP contribution is 2.27. The van der Waals surface area contributed by atoms with Crippen molar-refractivity contribution in [3.05, 3.63) is 97.4 Å². The molecule has 3 rings (SSSR count). The van der Waals surface area contributed by atoms with Crippen molar-refractivity contribution in [2.75, 3.05) is 13.2 Å². The van der Waals surface area contributed by atoms with Gasteiger partial charge in [0.25, 0.3) is 5.91 Å². The molecule has 0 radical (unpaired) electrons. The summed E-state index contributed by atoms with van der Waals surface area (Å²) in [4.78, 5) is 28.8. The number of carbonyl (C=O) groups excluding carboxylic acids is 2. The largest absolute Gasteiger partial charge is 0.484 e. The molecule has 2 amide bonds. The van der Waals surface area contributed by atoms with Gasteiger partial charge in [0.1, 0.15) is 11.8 Å². The van der Waals surface area contributed by atoms with Crippen molar-refractivity contribution in [1.29, 1.82) is 0 Å². The first-order valence-corrected chi connectivity index (χ1v) is 14.2. The first kappa shape index (κ1) is 30.0. The van der Waals surface area contributed by atoms with Crippen LogP contribution in [0.4, 0.5) is 0 Å². The van der Waals surface area contributed by atoms with Gasteiger partial charge in [0.15, 0.2) is 6.61 Å². The Hall–Kier alpha value is -2.54. The van der Waals surface area contributed by atoms with E-state index in [9.17, 15) is 9.59 Å². The summed E-state index contributed by atoms with van der Waals surface area (Å²) in [5.41, 5.74) is 3.66. The zero-order chi connectivity index (χ0) is 27.7. The number of amides is 2. The van der Waals surface area contributed by atoms with Crippen molar-refractivity contribution in [2.24, 2.45) is 0 Å². The van der Waals surface area contributed by atoms with E-state index < -0.39 is 6.04 Å². The van der Waals surface area contributed by atoms with Gasteiger partial charge < -0.3 is 15.0 Å². The minimum atomic E-state index is -0.759. The van der Waals surface area contributed by atoms with E-state index in [4.69, 9.17) is 27.9 Å². The van der Waals surface area contributed by atoms with Crippen LogP contribution in [0.3, 0.4) is 0 Å². The molecular weight excluding hydrogens is 587 g/mol. The Balaban J connectivity index is 1.93. The van der Waals surface area contributed by atoms with E-state index in [1.165, 1.54) is 0 Å². The fraction of sp³-hybridized carbons (Fsp3) is 0.333. The van der Waals surface area contributed by atoms with Gasteiger partial charge in [0.05, 0.1) is 0 Å². The molecule has 0 bridgehead atoms. The van der Waals surface area contributed by atoms with Crippen LogP contribution in [0.25, 0.3) is 0 Å². The molecule has 8 heteroatoms. The molecule has 202 valence electrons. The third kappa shape index (κ3) is 8.48. The molecule has 0 aliphatic rings. The number of benzene rings is 3. The number of unbranched alkanes of at least 4 members (excludes halogenated alkanes) is 1. The lowest BCUT2D eigenvalue weighted by Crippen LogP contribution is -2.51. The molecule has 0 aromatic heterocycles. The van der Waals surface area contributed by atoms with Crippen LogP contribution in [0.2, 0.25) is 10.0 Å². The predicted molar refractivity (Wildman–Crippen MR) is 158 cm³/mol. The van der Waals surface area contributed by atoms with Gasteiger partial charge in [0, 0.05) is 34.0 Å². The molecule has 5 nitrogen and oxygen atoms in total. The number of rotatable bonds is 12. The van der Waals surface area contributed by atoms with Gasteiger partial charge in [-0.15, -0.1) is 0 Å². The third-order valence-electron chi connectivity index (χ3n) is 6.23. The van der Waals surface area contributed by atoms with Crippen molar-refractivity contribution in [3.8, 4) is 5.75 Å². The molecule has 0 spiro atoms. The lowest BCUT2D eigenvalue weighted by atomic mass is 10.0. The maximum Gasteiger partial charge on any atom is 0.261 e. The highest BCUT2D eigenvalue weighted by molar-refractivity contribution is 9.10. The molecule has 0 aliphatic heterocycles. The lowest BCUT2D eigenvalue weighted by molar-refractivity contribution is -0.142. The SMILES string of the molecule is CCCCNC(=O)[C@H](Cc1ccccc1)N(Cc1ccc(Cl)cc1Cl)C(=O)COc1cc(C)c(Br)c(C)c1. The van der Waals surface area contributed by atoms with E-state index in [0.717, 1.165) is 34.0 Å². The van der Waals surface area contributed by atoms with Gasteiger partial charge in [-0.3, -0.25) is 9.59 Å². The van der Waals surface area contributed by atoms with Crippen LogP contribution >= 0.6 is 39.1 Å². The van der Waals surface area contributed by atoms with Crippen molar-refractivity contribution in [3.63, 3.8) is 0 Å². The maximum atomic E-state index is 13.7. The summed E-state index contributed by atoms with van der Waals surface area (Å²) in [5.74, 6) is 0.0601. The zero-order valence-electron chi connectivity index (χ0n) is 21.9. The molecule has 0 aliphatic carbocycles. The van der Waals surface area contributed by atoms with Crippen LogP contribution in [0.1, 0.15) is 42.0 Å². The first-order valence-electron chi connectivity index (χ1n) is 12.6. The van der Waals surface area contributed by atoms with Gasteiger partial charge in [0.2, 0.25) is 5.91 Å². The Morgan fingerprint density at radius 1 is 1.03 bits per heavy atom. The van der Waals surface area contributed by atoms with Crippen LogP contribution in [0.15, 0.2) is 65.1 Å². The summed E-state index contributed by atoms with van der Waals surface area (Å²) in [5, 5.41) is 3.94. The molecule has 0 saturated heterocycles. The van der Waals surface area contributed by atoms with Crippen molar-refractivity contribution in [2.45, 2.75) is 52.6 Å². The number of aryl methyl sites for hydroxylation is 2. The number of carbonyl (C=O) groups is 2. The first-order chi connectivity index (χ1) is 18.2. The number of halogens is 3. The normalized spacial score (nSPS) is 11.6. The highest BCUT2D eigenvalue weighted by atomic mass is 79.9. The van der Waals surface area contributed by atoms with Gasteiger partial charge >= 0.3 is 0 Å². The topological polar surface area (TPSA) is 58.6 Å². The molecule has 3 aromatic rings. The average Bonchev–Trinajstić information content (AvgIpc) is 2.89. The third-order valence-corrected chi connectivity index (χ3v) is 8.07. The maximum absolute atomic E-state index is 13.7. The zero-order valence-corrected chi connectivity index (χ0v) is 25.0. The molecule has 38 heavy (non-hydrogen) atoms. The Labute approximate surface area is 243 Å². The summed E-state index contributed by atoms with van der Waals surface area (Å²) in [6.45, 7) is 6.45. The number of nitrogens with zero attached hydrogens (tertiary/aromatic N) is 1. The van der Waals surface area contributed by atoms with Crippen LogP contribution in [0.5, 0.6) is 5.75 Å². The van der Waals surface area contributed by atoms with Gasteiger partial charge in [-0.2, -0.15) is 0 Å². The van der Waals surface area contributed by atoms with Crippen molar-refractivity contribution in [1.82, 2.24) is 10.2 Å². The minimum absolute atomic E-state index is 0.134. The minimum Gasteiger partial charge on any atom is -0.484 e. The van der Waals surface area contributed by atoms with Crippen LogP contribution in [-0.4, -0.2) is 35.9 Å². The summed E-state index contributed by atoms with van der Waals surface area (Å²) in [6.07, 6.45) is 2.16. The molecular formula is C30H33BrCl2N2O3. The number of ether oxygens (including phenoxy) is 1. The van der Waals surface area contributed by atoms with E-state index in [0.29, 0.717) is 34.3 Å². The van der Waals surface area contributed by atoms with Crippen LogP contribution < -0.4 is 10.1 Å². The number of hydrogen-bond donors (Lipinski definition) is 1. The molecule has 0 saturated carbocycles. The standard InChI is InChI=1S/C30H33BrCl2N2O3/c1-4-5-13-34-30(37)27(16-22-9-7-6-8-10-22)35(18-23-11-12-24(32)17-26(23)33)28(36)19-38-25-14-20(2)29(31)21(3)15-25/h6-12,14-15,17,27H,4-5,13,16,18-19H2,1-3H3,(H,34,37)/t27-/m0/s1. The molecule has 0 unspecified atom stereocenters. The van der Waals surface area contributed by atoms with Gasteiger partial charge in [-0.05, 0) is 66.8 Å². The summed E-state index contributed by atoms with van der Waals surface area (Å²) in [6, 6.07) is 17.8. The van der Waals surface area contributed by atoms with E-state index >= 15 is 0 Å². The number of hydrogen-bond acceptors (Lipinski definition) is 3. The summed E-state index contributed by atoms with van der Waals surface area (Å²) in [7, 11) is 0. The smallest absolute Gasteiger partial charge is 0.261 e. The monoisotopic (exact) mass is 618 g/mol. The van der Waals surface area contributed by atoms with E-state index in [2.05, 4.69) is 28.2 Å². The second-order valence-corrected chi connectivity index (χ2v) is 10.9. The number of nitrogens with one attached hydrogen (secondary N) is 1. The second kappa shape index (κ2) is 14.6. The fourth-order valence-corrected chi connectivity index (χ4v) is 4.81. The van der Waals surface area contributed by atoms with Crippen molar-refractivity contribution >= 4 is 50.9 Å². The molecule has 0 heterocycles. The van der Waals surface area contributed by atoms with Crippen LogP contribution in [-0.2, 0) is 22.6 Å². The Morgan fingerprint density at radius 3 is 2.34 bits per heavy atom. The lowest BCUT2D eigenvalue weighted by Gasteiger charge is -2.32. The van der Waals surface area contributed by atoms with Gasteiger partial charge in [-0.1, -0.05) is 88.9 Å². The Morgan fingerprint density at radius 2 is 1.71 bits per heavy atom. The Kier molecular flexibility index (Phi) is 11.5. The Bertz CT molecular complexity index is 1230. The highest BCUT2D eigenvalue weighted by Gasteiger charge is 2.31. The van der Waals surface area contributed by atoms with E-state index in [1.54, 1.807) is 23.1 Å². The van der Waals surface area contributed by atoms with E-state index in [-0.39, 0.29) is 25.0 Å². The van der Waals surface area contributed by atoms with Gasteiger partial charge in [-0.25, -0.2) is 0 Å². The molecule has 3 aromatic carbocycles. The predicted octanol–water partition coefficient (Wildman–Crippen LogP) is 7.31. The fourth-order valence-electron chi connectivity index (χ4n) is 4.11. The average molecular weight is 620 g/mol.